The zero-order valence-corrected chi connectivity index (χ0v) is 14.9. The number of hydrazine groups is 1. The van der Waals surface area contributed by atoms with Gasteiger partial charge in [-0.2, -0.15) is 0 Å². The minimum atomic E-state index is 0.147. The minimum Gasteiger partial charge on any atom is -0.331 e. The quantitative estimate of drug-likeness (QED) is 0.784. The molecule has 6 heteroatoms. The molecule has 6 nitrogen and oxygen atoms in total. The van der Waals surface area contributed by atoms with Crippen molar-refractivity contribution in [3.8, 4) is 0 Å². The predicted octanol–water partition coefficient (Wildman–Crippen LogP) is 1.27. The Balaban J connectivity index is 1.71. The maximum Gasteiger partial charge on any atom is 0.319 e. The third-order valence-corrected chi connectivity index (χ3v) is 5.73. The molecule has 1 spiro atoms. The third kappa shape index (κ3) is 3.19. The van der Waals surface area contributed by atoms with Gasteiger partial charge < -0.3 is 14.8 Å². The Bertz CT molecular complexity index is 454. The number of nitrogens with zero attached hydrogens (tertiary/aromatic N) is 5. The Morgan fingerprint density at radius 1 is 1.13 bits per heavy atom. The van der Waals surface area contributed by atoms with E-state index in [0.717, 1.165) is 51.6 Å². The molecule has 130 valence electrons. The Labute approximate surface area is 140 Å². The summed E-state index contributed by atoms with van der Waals surface area (Å²) < 4.78 is 0. The lowest BCUT2D eigenvalue weighted by atomic mass is 9.83. The molecule has 3 fully saturated rings. The van der Waals surface area contributed by atoms with Crippen molar-refractivity contribution in [1.82, 2.24) is 24.7 Å². The van der Waals surface area contributed by atoms with Crippen molar-refractivity contribution in [2.75, 3.05) is 53.9 Å². The molecule has 0 N–H and O–H groups in total. The molecule has 0 aromatic heterocycles. The number of piperazine rings is 1. The summed E-state index contributed by atoms with van der Waals surface area (Å²) in [7, 11) is 5.76. The molecule has 2 amide bonds. The van der Waals surface area contributed by atoms with Crippen LogP contribution in [0.2, 0.25) is 0 Å². The Hall–Kier alpha value is -1.27. The van der Waals surface area contributed by atoms with Crippen molar-refractivity contribution < 1.29 is 4.79 Å². The lowest BCUT2D eigenvalue weighted by molar-refractivity contribution is -0.0988. The maximum absolute atomic E-state index is 12.2. The van der Waals surface area contributed by atoms with E-state index in [0.29, 0.717) is 0 Å². The highest BCUT2D eigenvalue weighted by Gasteiger charge is 2.49. The van der Waals surface area contributed by atoms with Crippen LogP contribution in [-0.2, 0) is 0 Å². The van der Waals surface area contributed by atoms with Crippen LogP contribution in [0.4, 0.5) is 4.79 Å². The first-order valence-corrected chi connectivity index (χ1v) is 8.80. The number of carbonyl (C=O) groups excluding carboxylic acids is 1. The smallest absolute Gasteiger partial charge is 0.319 e. The topological polar surface area (TPSA) is 33.3 Å². The summed E-state index contributed by atoms with van der Waals surface area (Å²) in [5, 5.41) is 4.54. The first-order chi connectivity index (χ1) is 11.0. The molecule has 0 aromatic carbocycles. The predicted molar refractivity (Wildman–Crippen MR) is 91.9 cm³/mol. The molecule has 2 saturated heterocycles. The zero-order valence-electron chi connectivity index (χ0n) is 14.9. The Kier molecular flexibility index (Phi) is 4.56. The number of carbonyl (C=O) groups is 1. The van der Waals surface area contributed by atoms with Crippen molar-refractivity contribution in [2.45, 2.75) is 37.3 Å². The lowest BCUT2D eigenvalue weighted by Crippen LogP contribution is -2.68. The van der Waals surface area contributed by atoms with Crippen molar-refractivity contribution in [3.63, 3.8) is 0 Å². The standard InChI is InChI=1S/C17H31N5O/c1-5-19(4)21-12-13-22(15-6-7-15)17(14-21)8-10-20(11-9-17)16(23)18(2)3/h5,15H,1,6-14H2,2-4H3. The summed E-state index contributed by atoms with van der Waals surface area (Å²) in [6.07, 6.45) is 6.74. The number of hydrogen-bond acceptors (Lipinski definition) is 4. The molecular formula is C17H31N5O. The van der Waals surface area contributed by atoms with Gasteiger partial charge in [0.25, 0.3) is 0 Å². The molecule has 1 aliphatic carbocycles. The van der Waals surface area contributed by atoms with Crippen molar-refractivity contribution >= 4 is 6.03 Å². The van der Waals surface area contributed by atoms with Gasteiger partial charge in [0.05, 0.1) is 0 Å². The monoisotopic (exact) mass is 321 g/mol. The van der Waals surface area contributed by atoms with Gasteiger partial charge in [-0.25, -0.2) is 9.80 Å². The fourth-order valence-electron chi connectivity index (χ4n) is 4.15. The lowest BCUT2D eigenvalue weighted by Gasteiger charge is -2.55. The van der Waals surface area contributed by atoms with E-state index in [1.165, 1.54) is 12.8 Å². The summed E-state index contributed by atoms with van der Waals surface area (Å²) in [5.74, 6) is 0. The van der Waals surface area contributed by atoms with Crippen LogP contribution in [0.15, 0.2) is 12.8 Å². The van der Waals surface area contributed by atoms with Crippen LogP contribution in [-0.4, -0.2) is 96.2 Å². The van der Waals surface area contributed by atoms with Crippen LogP contribution in [0.1, 0.15) is 25.7 Å². The number of hydrogen-bond donors (Lipinski definition) is 0. The molecule has 2 aliphatic heterocycles. The van der Waals surface area contributed by atoms with Gasteiger partial charge in [0.1, 0.15) is 0 Å². The SMILES string of the molecule is C=CN(C)N1CCN(C2CC2)C2(CCN(C(=O)N(C)C)CC2)C1. The summed E-state index contributed by atoms with van der Waals surface area (Å²) in [4.78, 5) is 18.7. The number of urea groups is 1. The van der Waals surface area contributed by atoms with Crippen LogP contribution in [0.3, 0.4) is 0 Å². The van der Waals surface area contributed by atoms with Crippen LogP contribution < -0.4 is 0 Å². The highest BCUT2D eigenvalue weighted by atomic mass is 16.2. The molecule has 3 rings (SSSR count). The molecule has 2 heterocycles. The fraction of sp³-hybridized carbons (Fsp3) is 0.824. The van der Waals surface area contributed by atoms with Crippen molar-refractivity contribution in [2.24, 2.45) is 0 Å². The molecule has 0 unspecified atom stereocenters. The van der Waals surface area contributed by atoms with E-state index in [2.05, 4.69) is 28.5 Å². The second-order valence-corrected chi connectivity index (χ2v) is 7.46. The largest absolute Gasteiger partial charge is 0.331 e. The van der Waals surface area contributed by atoms with Crippen LogP contribution in [0, 0.1) is 0 Å². The van der Waals surface area contributed by atoms with E-state index in [4.69, 9.17) is 0 Å². The van der Waals surface area contributed by atoms with Gasteiger partial charge in [0.2, 0.25) is 0 Å². The Morgan fingerprint density at radius 2 is 1.78 bits per heavy atom. The summed E-state index contributed by atoms with van der Waals surface area (Å²) in [6, 6.07) is 0.927. The molecule has 0 atom stereocenters. The van der Waals surface area contributed by atoms with E-state index in [1.54, 1.807) is 4.90 Å². The van der Waals surface area contributed by atoms with E-state index in [9.17, 15) is 4.79 Å². The van der Waals surface area contributed by atoms with Crippen LogP contribution >= 0.6 is 0 Å². The van der Waals surface area contributed by atoms with Gasteiger partial charge in [-0.05, 0) is 25.7 Å². The maximum atomic E-state index is 12.2. The number of likely N-dealkylation sites (tertiary alicyclic amines) is 1. The fourth-order valence-corrected chi connectivity index (χ4v) is 4.15. The first kappa shape index (κ1) is 16.6. The Morgan fingerprint density at radius 3 is 2.30 bits per heavy atom. The summed E-state index contributed by atoms with van der Waals surface area (Å²) in [6.45, 7) is 8.89. The number of rotatable bonds is 3. The molecule has 3 aliphatic rings. The van der Waals surface area contributed by atoms with Crippen LogP contribution in [0.25, 0.3) is 0 Å². The van der Waals surface area contributed by atoms with Crippen molar-refractivity contribution in [3.05, 3.63) is 12.8 Å². The van der Waals surface area contributed by atoms with Gasteiger partial charge >= 0.3 is 6.03 Å². The normalized spacial score (nSPS) is 25.4. The zero-order chi connectivity index (χ0) is 16.6. The summed E-state index contributed by atoms with van der Waals surface area (Å²) in [5.41, 5.74) is 0.222. The second-order valence-electron chi connectivity index (χ2n) is 7.46. The molecule has 1 saturated carbocycles. The van der Waals surface area contributed by atoms with Gasteiger partial charge in [0.15, 0.2) is 0 Å². The van der Waals surface area contributed by atoms with Gasteiger partial charge in [0, 0.05) is 71.6 Å². The van der Waals surface area contributed by atoms with E-state index >= 15 is 0 Å². The minimum absolute atomic E-state index is 0.147. The van der Waals surface area contributed by atoms with E-state index < -0.39 is 0 Å². The number of piperidine rings is 1. The van der Waals surface area contributed by atoms with Gasteiger partial charge in [-0.15, -0.1) is 0 Å². The number of amides is 2. The highest BCUT2D eigenvalue weighted by molar-refractivity contribution is 5.73. The van der Waals surface area contributed by atoms with Gasteiger partial charge in [-0.1, -0.05) is 6.58 Å². The van der Waals surface area contributed by atoms with Gasteiger partial charge in [-0.3, -0.25) is 4.90 Å². The van der Waals surface area contributed by atoms with Crippen molar-refractivity contribution in [1.29, 1.82) is 0 Å². The molecule has 23 heavy (non-hydrogen) atoms. The average molecular weight is 321 g/mol. The van der Waals surface area contributed by atoms with E-state index in [-0.39, 0.29) is 11.6 Å². The van der Waals surface area contributed by atoms with E-state index in [1.807, 2.05) is 25.2 Å². The third-order valence-electron chi connectivity index (χ3n) is 5.73. The second kappa shape index (κ2) is 6.32. The average Bonchev–Trinajstić information content (AvgIpc) is 3.38. The molecular weight excluding hydrogens is 290 g/mol. The molecule has 0 aromatic rings. The summed E-state index contributed by atoms with van der Waals surface area (Å²) >= 11 is 0. The molecule has 0 radical (unpaired) electrons. The highest BCUT2D eigenvalue weighted by Crippen LogP contribution is 2.40. The van der Waals surface area contributed by atoms with Crippen LogP contribution in [0.5, 0.6) is 0 Å². The first-order valence-electron chi connectivity index (χ1n) is 8.80. The molecule has 0 bridgehead atoms.